The van der Waals surface area contributed by atoms with Crippen LogP contribution in [-0.2, 0) is 26.2 Å². The van der Waals surface area contributed by atoms with Gasteiger partial charge in [-0.15, -0.1) is 0 Å². The number of rotatable bonds is 15. The van der Waals surface area contributed by atoms with E-state index in [4.69, 9.17) is 0 Å². The maximum Gasteiger partial charge on any atom is 0.269 e. The molecule has 12 heteroatoms. The van der Waals surface area contributed by atoms with Crippen molar-refractivity contribution in [2.75, 3.05) is 5.43 Å². The van der Waals surface area contributed by atoms with E-state index in [2.05, 4.69) is 36.4 Å². The van der Waals surface area contributed by atoms with Crippen LogP contribution in [0.5, 0.6) is 0 Å². The molecular formula is C50H42N8O4. The molecule has 306 valence electrons. The number of H-pyrrole nitrogens is 1. The number of amides is 4. The highest BCUT2D eigenvalue weighted by atomic mass is 16.2. The predicted molar refractivity (Wildman–Crippen MR) is 239 cm³/mol. The first kappa shape index (κ1) is 40.4. The largest absolute Gasteiger partial charge is 0.348 e. The monoisotopic (exact) mass is 818 g/mol. The summed E-state index contributed by atoms with van der Waals surface area (Å²) in [5, 5.41) is 5.80. The van der Waals surface area contributed by atoms with E-state index in [1.807, 2.05) is 121 Å². The second kappa shape index (κ2) is 19.1. The molecule has 2 heterocycles. The average Bonchev–Trinajstić information content (AvgIpc) is 3.75. The number of para-hydroxylation sites is 2. The average molecular weight is 819 g/mol. The summed E-state index contributed by atoms with van der Waals surface area (Å²) in [6, 6.07) is 51.7. The molecule has 0 fully saturated rings. The topological polar surface area (TPSA) is 161 Å². The Morgan fingerprint density at radius 3 is 1.74 bits per heavy atom. The van der Waals surface area contributed by atoms with Crippen molar-refractivity contribution in [3.8, 4) is 11.1 Å². The van der Waals surface area contributed by atoms with Crippen molar-refractivity contribution in [3.63, 3.8) is 0 Å². The van der Waals surface area contributed by atoms with Crippen LogP contribution in [0.2, 0.25) is 0 Å². The lowest BCUT2D eigenvalue weighted by Crippen LogP contribution is -2.30. The molecule has 0 aliphatic rings. The summed E-state index contributed by atoms with van der Waals surface area (Å²) in [5.74, 6) is -0.325. The predicted octanol–water partition coefficient (Wildman–Crippen LogP) is 8.08. The van der Waals surface area contributed by atoms with Crippen LogP contribution in [0.25, 0.3) is 22.2 Å². The molecule has 12 nitrogen and oxygen atoms in total. The third kappa shape index (κ3) is 10.2. The number of anilines is 1. The Morgan fingerprint density at radius 1 is 0.516 bits per heavy atom. The zero-order valence-electron chi connectivity index (χ0n) is 33.5. The van der Waals surface area contributed by atoms with Gasteiger partial charge in [-0.1, -0.05) is 84.9 Å². The van der Waals surface area contributed by atoms with Crippen molar-refractivity contribution in [1.29, 1.82) is 0 Å². The maximum atomic E-state index is 13.8. The number of pyridine rings is 1. The summed E-state index contributed by atoms with van der Waals surface area (Å²) in [6.07, 6.45) is 1.67. The van der Waals surface area contributed by atoms with E-state index in [0.717, 1.165) is 39.0 Å². The summed E-state index contributed by atoms with van der Waals surface area (Å²) in [4.78, 5) is 66.2. The van der Waals surface area contributed by atoms with Crippen LogP contribution in [0, 0.1) is 0 Å². The molecule has 0 unspecified atom stereocenters. The number of benzene rings is 6. The fraction of sp³-hybridized carbons (Fsp3) is 0.0800. The molecular weight excluding hydrogens is 777 g/mol. The number of fused-ring (bicyclic) bond motifs is 1. The minimum absolute atomic E-state index is 0.168. The molecule has 0 saturated carbocycles. The Bertz CT molecular complexity index is 2760. The van der Waals surface area contributed by atoms with Gasteiger partial charge in [0.15, 0.2) is 0 Å². The number of hydrazine groups is 1. The first-order valence-electron chi connectivity index (χ1n) is 20.0. The van der Waals surface area contributed by atoms with E-state index in [9.17, 15) is 19.2 Å². The number of hydrogen-bond donors (Lipinski definition) is 5. The molecule has 8 rings (SSSR count). The van der Waals surface area contributed by atoms with Crippen LogP contribution in [0.15, 0.2) is 176 Å². The smallest absolute Gasteiger partial charge is 0.269 e. The van der Waals surface area contributed by atoms with Crippen LogP contribution in [-0.4, -0.2) is 43.5 Å². The molecule has 4 amide bonds. The fourth-order valence-electron chi connectivity index (χ4n) is 6.81. The van der Waals surface area contributed by atoms with E-state index in [0.29, 0.717) is 59.9 Å². The highest BCUT2D eigenvalue weighted by molar-refractivity contribution is 5.99. The molecule has 0 saturated heterocycles. The maximum absolute atomic E-state index is 13.8. The highest BCUT2D eigenvalue weighted by Crippen LogP contribution is 2.22. The molecule has 5 N–H and O–H groups in total. The first-order valence-corrected chi connectivity index (χ1v) is 20.0. The highest BCUT2D eigenvalue weighted by Gasteiger charge is 2.19. The van der Waals surface area contributed by atoms with E-state index in [1.165, 1.54) is 0 Å². The van der Waals surface area contributed by atoms with Gasteiger partial charge in [-0.25, -0.2) is 4.98 Å². The van der Waals surface area contributed by atoms with E-state index in [1.54, 1.807) is 59.6 Å². The van der Waals surface area contributed by atoms with Gasteiger partial charge in [0.05, 0.1) is 35.5 Å². The third-order valence-corrected chi connectivity index (χ3v) is 10.2. The molecule has 0 bridgehead atoms. The van der Waals surface area contributed by atoms with Crippen molar-refractivity contribution in [3.05, 3.63) is 221 Å². The number of imidazole rings is 1. The number of nitrogens with one attached hydrogen (secondary N) is 5. The van der Waals surface area contributed by atoms with Crippen LogP contribution >= 0.6 is 0 Å². The summed E-state index contributed by atoms with van der Waals surface area (Å²) in [6.45, 7) is 1.33. The SMILES string of the molecule is O=C(NCc1ccc(-c2ccc(NNC(=O)c3ccc(C(=O)NCc4ccccn4)cc3)cc2)cc1)c1ccc(C(=O)N(Cc2ccccc2)Cc2nc3ccccc3[nH]2)cc1. The van der Waals surface area contributed by atoms with Crippen molar-refractivity contribution in [2.24, 2.45) is 0 Å². The van der Waals surface area contributed by atoms with Gasteiger partial charge in [-0.05, 0) is 107 Å². The molecule has 0 aliphatic carbocycles. The van der Waals surface area contributed by atoms with Crippen molar-refractivity contribution >= 4 is 40.3 Å². The molecule has 2 aromatic heterocycles. The Morgan fingerprint density at radius 2 is 1.10 bits per heavy atom. The van der Waals surface area contributed by atoms with Crippen LogP contribution in [0.4, 0.5) is 5.69 Å². The van der Waals surface area contributed by atoms with Crippen molar-refractivity contribution in [1.82, 2.24) is 35.9 Å². The Kier molecular flexibility index (Phi) is 12.5. The summed E-state index contributed by atoms with van der Waals surface area (Å²) < 4.78 is 0. The molecule has 0 spiro atoms. The van der Waals surface area contributed by atoms with Gasteiger partial charge in [0.25, 0.3) is 23.6 Å². The lowest BCUT2D eigenvalue weighted by molar-refractivity contribution is 0.0725. The van der Waals surface area contributed by atoms with Gasteiger partial charge in [0.2, 0.25) is 0 Å². The minimum atomic E-state index is -0.346. The second-order valence-corrected chi connectivity index (χ2v) is 14.5. The van der Waals surface area contributed by atoms with Crippen LogP contribution in [0.3, 0.4) is 0 Å². The van der Waals surface area contributed by atoms with E-state index >= 15 is 0 Å². The number of aromatic nitrogens is 3. The third-order valence-electron chi connectivity index (χ3n) is 10.2. The van der Waals surface area contributed by atoms with Gasteiger partial charge in [-0.3, -0.25) is 35.0 Å². The molecule has 6 aromatic carbocycles. The zero-order valence-corrected chi connectivity index (χ0v) is 33.5. The minimum Gasteiger partial charge on any atom is -0.348 e. The van der Waals surface area contributed by atoms with Gasteiger partial charge in [-0.2, -0.15) is 0 Å². The Hall–Kier alpha value is -8.38. The summed E-state index contributed by atoms with van der Waals surface area (Å²) >= 11 is 0. The standard InChI is InChI=1S/C50H42N8O4/c59-47(39-21-23-41(24-22-39)50(62)58(32-35-8-2-1-3-9-35)33-46-54-44-11-4-5-12-45(44)55-46)52-30-34-13-15-36(16-14-34)37-25-27-42(28-26-37)56-57-49(61)40-19-17-38(18-20-40)48(60)53-31-43-10-6-7-29-51-43/h1-29,56H,30-33H2,(H,52,59)(H,53,60)(H,54,55)(H,57,61). The van der Waals surface area contributed by atoms with Crippen molar-refractivity contribution < 1.29 is 19.2 Å². The van der Waals surface area contributed by atoms with Crippen LogP contribution in [0.1, 0.15) is 64.1 Å². The molecule has 0 atom stereocenters. The van der Waals surface area contributed by atoms with Crippen molar-refractivity contribution in [2.45, 2.75) is 26.2 Å². The van der Waals surface area contributed by atoms with Gasteiger partial charge < -0.3 is 20.5 Å². The summed E-state index contributed by atoms with van der Waals surface area (Å²) in [5.41, 5.74) is 14.5. The quantitative estimate of drug-likeness (QED) is 0.0654. The number of nitrogens with zero attached hydrogens (tertiary/aromatic N) is 3. The first-order chi connectivity index (χ1) is 30.3. The number of carbonyl (C=O) groups is 4. The molecule has 8 aromatic rings. The summed E-state index contributed by atoms with van der Waals surface area (Å²) in [7, 11) is 0. The Balaban J connectivity index is 0.806. The van der Waals surface area contributed by atoms with Gasteiger partial charge in [0.1, 0.15) is 5.82 Å². The lowest BCUT2D eigenvalue weighted by Gasteiger charge is -2.22. The number of carbonyl (C=O) groups excluding carboxylic acids is 4. The number of hydrogen-bond acceptors (Lipinski definition) is 7. The zero-order chi connectivity index (χ0) is 42.7. The second-order valence-electron chi connectivity index (χ2n) is 14.5. The Labute approximate surface area is 358 Å². The lowest BCUT2D eigenvalue weighted by atomic mass is 10.0. The van der Waals surface area contributed by atoms with Gasteiger partial charge >= 0.3 is 0 Å². The van der Waals surface area contributed by atoms with E-state index < -0.39 is 0 Å². The normalized spacial score (nSPS) is 10.8. The molecule has 0 radical (unpaired) electrons. The number of aromatic amines is 1. The molecule has 0 aliphatic heterocycles. The van der Waals surface area contributed by atoms with Gasteiger partial charge in [0, 0.05) is 41.5 Å². The van der Waals surface area contributed by atoms with Crippen LogP contribution < -0.4 is 21.5 Å². The van der Waals surface area contributed by atoms with E-state index in [-0.39, 0.29) is 23.6 Å². The molecule has 62 heavy (non-hydrogen) atoms. The fourth-order valence-corrected chi connectivity index (χ4v) is 6.81.